The predicted octanol–water partition coefficient (Wildman–Crippen LogP) is 2.18. The Labute approximate surface area is 111 Å². The second-order valence-electron chi connectivity index (χ2n) is 4.86. The summed E-state index contributed by atoms with van der Waals surface area (Å²) < 4.78 is 0.934. The number of nitrogen functional groups attached to an aromatic ring is 1. The third-order valence-electron chi connectivity index (χ3n) is 3.37. The molecule has 0 spiro atoms. The number of nitrogens with one attached hydrogen (secondary N) is 1. The van der Waals surface area contributed by atoms with Crippen LogP contribution < -0.4 is 11.1 Å². The molecule has 2 heterocycles. The molecule has 0 radical (unpaired) electrons. The standard InChI is InChI=1S/C12H19BrN4/c1-8-7-17(2)4-3-11(8)16-12-9(13)5-15-6-10(12)14/h5-6,8,11H,3-4,7,14H2,1-2H3,(H,15,16). The second-order valence-corrected chi connectivity index (χ2v) is 5.72. The summed E-state index contributed by atoms with van der Waals surface area (Å²) in [5, 5.41) is 3.55. The van der Waals surface area contributed by atoms with Gasteiger partial charge < -0.3 is 16.0 Å². The summed E-state index contributed by atoms with van der Waals surface area (Å²) in [7, 11) is 2.17. The minimum absolute atomic E-state index is 0.479. The van der Waals surface area contributed by atoms with Gasteiger partial charge >= 0.3 is 0 Å². The van der Waals surface area contributed by atoms with E-state index < -0.39 is 0 Å². The van der Waals surface area contributed by atoms with Crippen molar-refractivity contribution in [3.8, 4) is 0 Å². The second kappa shape index (κ2) is 5.23. The van der Waals surface area contributed by atoms with Gasteiger partial charge in [0.1, 0.15) is 0 Å². The van der Waals surface area contributed by atoms with Gasteiger partial charge in [0.25, 0.3) is 0 Å². The molecule has 94 valence electrons. The fraction of sp³-hybridized carbons (Fsp3) is 0.583. The number of pyridine rings is 1. The van der Waals surface area contributed by atoms with Gasteiger partial charge in [-0.25, -0.2) is 0 Å². The zero-order valence-corrected chi connectivity index (χ0v) is 11.9. The molecule has 1 fully saturated rings. The van der Waals surface area contributed by atoms with Crippen LogP contribution in [0.15, 0.2) is 16.9 Å². The van der Waals surface area contributed by atoms with Gasteiger partial charge in [-0.15, -0.1) is 0 Å². The van der Waals surface area contributed by atoms with Gasteiger partial charge in [-0.05, 0) is 41.9 Å². The van der Waals surface area contributed by atoms with Crippen LogP contribution in [-0.4, -0.2) is 36.1 Å². The first-order chi connectivity index (χ1) is 8.08. The number of rotatable bonds is 2. The molecular formula is C12H19BrN4. The maximum Gasteiger partial charge on any atom is 0.0752 e. The van der Waals surface area contributed by atoms with Gasteiger partial charge in [-0.3, -0.25) is 4.98 Å². The number of aromatic nitrogens is 1. The Morgan fingerprint density at radius 2 is 2.29 bits per heavy atom. The summed E-state index contributed by atoms with van der Waals surface area (Å²) in [6, 6.07) is 0.479. The van der Waals surface area contributed by atoms with Crippen molar-refractivity contribution in [1.29, 1.82) is 0 Å². The number of nitrogens with zero attached hydrogens (tertiary/aromatic N) is 2. The van der Waals surface area contributed by atoms with Crippen molar-refractivity contribution in [2.45, 2.75) is 19.4 Å². The SMILES string of the molecule is CC1CN(C)CCC1Nc1c(N)cncc1Br. The van der Waals surface area contributed by atoms with Crippen molar-refractivity contribution in [2.75, 3.05) is 31.2 Å². The Morgan fingerprint density at radius 3 is 2.94 bits per heavy atom. The highest BCUT2D eigenvalue weighted by atomic mass is 79.9. The van der Waals surface area contributed by atoms with Crippen LogP contribution in [0.25, 0.3) is 0 Å². The number of piperidine rings is 1. The van der Waals surface area contributed by atoms with Gasteiger partial charge in [0, 0.05) is 18.8 Å². The third-order valence-corrected chi connectivity index (χ3v) is 3.97. The Balaban J connectivity index is 2.10. The van der Waals surface area contributed by atoms with Crippen LogP contribution in [-0.2, 0) is 0 Å². The molecule has 1 aromatic rings. The quantitative estimate of drug-likeness (QED) is 0.879. The largest absolute Gasteiger partial charge is 0.396 e. The van der Waals surface area contributed by atoms with Crippen LogP contribution >= 0.6 is 15.9 Å². The molecule has 5 heteroatoms. The van der Waals surface area contributed by atoms with E-state index in [1.807, 2.05) is 0 Å². The van der Waals surface area contributed by atoms with Crippen molar-refractivity contribution in [3.05, 3.63) is 16.9 Å². The lowest BCUT2D eigenvalue weighted by Gasteiger charge is -2.36. The molecule has 4 nitrogen and oxygen atoms in total. The molecule has 0 amide bonds. The highest BCUT2D eigenvalue weighted by Gasteiger charge is 2.24. The molecule has 2 atom stereocenters. The molecular weight excluding hydrogens is 280 g/mol. The Bertz CT molecular complexity index is 376. The molecule has 1 aromatic heterocycles. The van der Waals surface area contributed by atoms with Crippen molar-refractivity contribution in [1.82, 2.24) is 9.88 Å². The lowest BCUT2D eigenvalue weighted by molar-refractivity contribution is 0.206. The number of hydrogen-bond donors (Lipinski definition) is 2. The van der Waals surface area contributed by atoms with Crippen LogP contribution in [0.4, 0.5) is 11.4 Å². The molecule has 3 N–H and O–H groups in total. The minimum Gasteiger partial charge on any atom is -0.396 e. The lowest BCUT2D eigenvalue weighted by atomic mass is 9.94. The van der Waals surface area contributed by atoms with Crippen molar-refractivity contribution in [3.63, 3.8) is 0 Å². The third kappa shape index (κ3) is 2.90. The number of nitrogens with two attached hydrogens (primary N) is 1. The van der Waals surface area contributed by atoms with E-state index in [2.05, 4.69) is 45.1 Å². The van der Waals surface area contributed by atoms with E-state index in [1.54, 1.807) is 12.4 Å². The zero-order chi connectivity index (χ0) is 12.4. The lowest BCUT2D eigenvalue weighted by Crippen LogP contribution is -2.43. The number of halogens is 1. The summed E-state index contributed by atoms with van der Waals surface area (Å²) in [5.41, 5.74) is 7.62. The maximum atomic E-state index is 5.95. The van der Waals surface area contributed by atoms with Gasteiger partial charge in [0.05, 0.1) is 22.0 Å². The molecule has 0 bridgehead atoms. The minimum atomic E-state index is 0.479. The molecule has 1 saturated heterocycles. The van der Waals surface area contributed by atoms with Crippen LogP contribution in [0.3, 0.4) is 0 Å². The van der Waals surface area contributed by atoms with Crippen molar-refractivity contribution in [2.24, 2.45) is 5.92 Å². The van der Waals surface area contributed by atoms with E-state index in [1.165, 1.54) is 0 Å². The summed E-state index contributed by atoms with van der Waals surface area (Å²) in [4.78, 5) is 6.42. The average Bonchev–Trinajstić information content (AvgIpc) is 2.26. The van der Waals surface area contributed by atoms with Crippen LogP contribution in [0, 0.1) is 5.92 Å². The molecule has 1 aliphatic rings. The van der Waals surface area contributed by atoms with Gasteiger partial charge in [0.2, 0.25) is 0 Å². The maximum absolute atomic E-state index is 5.95. The molecule has 17 heavy (non-hydrogen) atoms. The molecule has 2 unspecified atom stereocenters. The topological polar surface area (TPSA) is 54.2 Å². The monoisotopic (exact) mass is 298 g/mol. The molecule has 1 aliphatic heterocycles. The van der Waals surface area contributed by atoms with Crippen molar-refractivity contribution < 1.29 is 0 Å². The van der Waals surface area contributed by atoms with Crippen molar-refractivity contribution >= 4 is 27.3 Å². The van der Waals surface area contributed by atoms with Gasteiger partial charge in [-0.1, -0.05) is 6.92 Å². The number of anilines is 2. The Kier molecular flexibility index (Phi) is 3.89. The summed E-state index contributed by atoms with van der Waals surface area (Å²) in [6.07, 6.45) is 4.61. The first kappa shape index (κ1) is 12.6. The molecule has 0 saturated carbocycles. The van der Waals surface area contributed by atoms with E-state index in [9.17, 15) is 0 Å². The first-order valence-electron chi connectivity index (χ1n) is 5.92. The van der Waals surface area contributed by atoms with Gasteiger partial charge in [-0.2, -0.15) is 0 Å². The van der Waals surface area contributed by atoms with E-state index >= 15 is 0 Å². The highest BCUT2D eigenvalue weighted by molar-refractivity contribution is 9.10. The van der Waals surface area contributed by atoms with Gasteiger partial charge in [0.15, 0.2) is 0 Å². The fourth-order valence-corrected chi connectivity index (χ4v) is 2.82. The molecule has 2 rings (SSSR count). The van der Waals surface area contributed by atoms with Crippen LogP contribution in [0.5, 0.6) is 0 Å². The van der Waals surface area contributed by atoms with Crippen LogP contribution in [0.2, 0.25) is 0 Å². The first-order valence-corrected chi connectivity index (χ1v) is 6.71. The number of hydrogen-bond acceptors (Lipinski definition) is 4. The molecule has 0 aromatic carbocycles. The zero-order valence-electron chi connectivity index (χ0n) is 10.3. The normalized spacial score (nSPS) is 25.8. The predicted molar refractivity (Wildman–Crippen MR) is 75.0 cm³/mol. The average molecular weight is 299 g/mol. The van der Waals surface area contributed by atoms with E-state index in [0.717, 1.165) is 29.7 Å². The Hall–Kier alpha value is -0.810. The Morgan fingerprint density at radius 1 is 1.53 bits per heavy atom. The van der Waals surface area contributed by atoms with E-state index in [0.29, 0.717) is 17.6 Å². The molecule has 0 aliphatic carbocycles. The van der Waals surface area contributed by atoms with E-state index in [-0.39, 0.29) is 0 Å². The summed E-state index contributed by atoms with van der Waals surface area (Å²) in [6.45, 7) is 4.53. The smallest absolute Gasteiger partial charge is 0.0752 e. The summed E-state index contributed by atoms with van der Waals surface area (Å²) >= 11 is 3.49. The summed E-state index contributed by atoms with van der Waals surface area (Å²) in [5.74, 6) is 0.619. The fourth-order valence-electron chi connectivity index (χ4n) is 2.36. The number of likely N-dealkylation sites (tertiary alicyclic amines) is 1. The highest BCUT2D eigenvalue weighted by Crippen LogP contribution is 2.30. The van der Waals surface area contributed by atoms with Crippen LogP contribution in [0.1, 0.15) is 13.3 Å². The van der Waals surface area contributed by atoms with E-state index in [4.69, 9.17) is 5.73 Å².